The first-order chi connectivity index (χ1) is 16.3. The number of benzene rings is 1. The van der Waals surface area contributed by atoms with Crippen LogP contribution in [0.3, 0.4) is 0 Å². The lowest BCUT2D eigenvalue weighted by Crippen LogP contribution is -2.33. The highest BCUT2D eigenvalue weighted by Gasteiger charge is 2.43. The molecule has 1 aromatic heterocycles. The molecular formula is C24H28N4O6. The summed E-state index contributed by atoms with van der Waals surface area (Å²) in [6.07, 6.45) is 2.62. The van der Waals surface area contributed by atoms with E-state index in [0.717, 1.165) is 12.0 Å². The van der Waals surface area contributed by atoms with E-state index < -0.39 is 28.6 Å². The lowest BCUT2D eigenvalue weighted by molar-refractivity contribution is -0.390. The van der Waals surface area contributed by atoms with E-state index in [2.05, 4.69) is 10.3 Å². The Labute approximate surface area is 197 Å². The Morgan fingerprint density at radius 1 is 1.12 bits per heavy atom. The molecule has 3 rings (SSSR count). The molecule has 0 saturated carbocycles. The fourth-order valence-corrected chi connectivity index (χ4v) is 4.08. The third-order valence-corrected chi connectivity index (χ3v) is 5.57. The summed E-state index contributed by atoms with van der Waals surface area (Å²) >= 11 is 0. The Hall–Kier alpha value is -3.95. The highest BCUT2D eigenvalue weighted by atomic mass is 16.6. The van der Waals surface area contributed by atoms with Gasteiger partial charge in [0.15, 0.2) is 0 Å². The molecule has 0 radical (unpaired) electrons. The minimum Gasteiger partial charge on any atom is -0.463 e. The number of carbonyl (C=O) groups excluding carboxylic acids is 2. The number of hydrogen-bond donors (Lipinski definition) is 1. The van der Waals surface area contributed by atoms with Crippen molar-refractivity contribution >= 4 is 17.8 Å². The van der Waals surface area contributed by atoms with Gasteiger partial charge >= 0.3 is 17.8 Å². The van der Waals surface area contributed by atoms with Crippen LogP contribution in [0.15, 0.2) is 59.2 Å². The van der Waals surface area contributed by atoms with E-state index in [0.29, 0.717) is 17.8 Å². The molecule has 34 heavy (non-hydrogen) atoms. The molecule has 1 unspecified atom stereocenters. The summed E-state index contributed by atoms with van der Waals surface area (Å²) in [5, 5.41) is 14.7. The van der Waals surface area contributed by atoms with Gasteiger partial charge in [-0.1, -0.05) is 30.3 Å². The topological polar surface area (TPSA) is 126 Å². The third kappa shape index (κ3) is 5.16. The smallest absolute Gasteiger partial charge is 0.385 e. The minimum absolute atomic E-state index is 0.101. The second kappa shape index (κ2) is 10.8. The molecule has 10 nitrogen and oxygen atoms in total. The molecule has 0 amide bonds. The number of aryl methyl sites for hydroxylation is 2. The zero-order valence-electron chi connectivity index (χ0n) is 19.7. The molecule has 2 aromatic rings. The molecule has 1 aromatic carbocycles. The second-order valence-electron chi connectivity index (χ2n) is 7.90. The number of allylic oxidation sites excluding steroid dienone is 2. The van der Waals surface area contributed by atoms with Gasteiger partial charge in [-0.05, 0) is 49.1 Å². The van der Waals surface area contributed by atoms with E-state index >= 15 is 0 Å². The predicted molar refractivity (Wildman–Crippen MR) is 123 cm³/mol. The van der Waals surface area contributed by atoms with E-state index in [1.165, 1.54) is 10.9 Å². The van der Waals surface area contributed by atoms with Gasteiger partial charge in [-0.25, -0.2) is 9.59 Å². The Morgan fingerprint density at radius 3 is 2.32 bits per heavy atom. The summed E-state index contributed by atoms with van der Waals surface area (Å²) in [6.45, 7) is 5.25. The Balaban J connectivity index is 1.94. The van der Waals surface area contributed by atoms with Gasteiger partial charge in [0.1, 0.15) is 5.69 Å². The van der Waals surface area contributed by atoms with Gasteiger partial charge in [0.05, 0.1) is 30.3 Å². The maximum Gasteiger partial charge on any atom is 0.385 e. The van der Waals surface area contributed by atoms with Crippen molar-refractivity contribution in [1.82, 2.24) is 14.9 Å². The molecule has 1 atom stereocenters. The average molecular weight is 469 g/mol. The van der Waals surface area contributed by atoms with Gasteiger partial charge in [0.25, 0.3) is 0 Å². The van der Waals surface area contributed by atoms with Crippen molar-refractivity contribution in [2.24, 2.45) is 7.05 Å². The van der Waals surface area contributed by atoms with Crippen molar-refractivity contribution in [1.29, 1.82) is 0 Å². The summed E-state index contributed by atoms with van der Waals surface area (Å²) in [5.41, 5.74) is 2.33. The van der Waals surface area contributed by atoms with Crippen LogP contribution in [0, 0.1) is 10.1 Å². The summed E-state index contributed by atoms with van der Waals surface area (Å²) in [6, 6.07) is 9.82. The summed E-state index contributed by atoms with van der Waals surface area (Å²) < 4.78 is 12.2. The summed E-state index contributed by atoms with van der Waals surface area (Å²) in [5.74, 6) is -2.84. The van der Waals surface area contributed by atoms with Crippen LogP contribution >= 0.6 is 0 Å². The molecule has 0 spiro atoms. The van der Waals surface area contributed by atoms with Crippen LogP contribution in [0.5, 0.6) is 0 Å². The molecule has 1 N–H and O–H groups in total. The zero-order chi connectivity index (χ0) is 24.8. The first kappa shape index (κ1) is 24.7. The van der Waals surface area contributed by atoms with Crippen molar-refractivity contribution in [3.8, 4) is 0 Å². The third-order valence-electron chi connectivity index (χ3n) is 5.57. The summed E-state index contributed by atoms with van der Waals surface area (Å²) in [7, 11) is 1.58. The number of imidazole rings is 1. The van der Waals surface area contributed by atoms with Gasteiger partial charge in [-0.2, -0.15) is 0 Å². The number of aromatic nitrogens is 2. The van der Waals surface area contributed by atoms with Gasteiger partial charge in [0.2, 0.25) is 6.33 Å². The number of nitrogens with one attached hydrogen (secondary N) is 1. The zero-order valence-corrected chi connectivity index (χ0v) is 19.7. The fraction of sp³-hybridized carbons (Fsp3) is 0.375. The fourth-order valence-electron chi connectivity index (χ4n) is 4.08. The van der Waals surface area contributed by atoms with Crippen molar-refractivity contribution < 1.29 is 24.0 Å². The molecule has 0 bridgehead atoms. The quantitative estimate of drug-likeness (QED) is 0.257. The number of nitro groups is 1. The molecule has 0 saturated heterocycles. The molecule has 0 fully saturated rings. The molecular weight excluding hydrogens is 440 g/mol. The van der Waals surface area contributed by atoms with Crippen molar-refractivity contribution in [2.45, 2.75) is 39.5 Å². The Bertz CT molecular complexity index is 1150. The first-order valence-corrected chi connectivity index (χ1v) is 11.0. The average Bonchev–Trinajstić information content (AvgIpc) is 3.18. The number of carbonyl (C=O) groups is 2. The Morgan fingerprint density at radius 2 is 1.74 bits per heavy atom. The lowest BCUT2D eigenvalue weighted by atomic mass is 9.82. The van der Waals surface area contributed by atoms with E-state index in [9.17, 15) is 19.7 Å². The highest BCUT2D eigenvalue weighted by molar-refractivity contribution is 6.00. The van der Waals surface area contributed by atoms with Crippen LogP contribution in [-0.4, -0.2) is 39.6 Å². The van der Waals surface area contributed by atoms with Crippen LogP contribution in [0.2, 0.25) is 0 Å². The van der Waals surface area contributed by atoms with Crippen LogP contribution < -0.4 is 5.32 Å². The molecule has 1 aliphatic heterocycles. The molecule has 1 aliphatic rings. The summed E-state index contributed by atoms with van der Waals surface area (Å²) in [4.78, 5) is 41.1. The molecule has 2 heterocycles. The number of nitrogens with zero attached hydrogens (tertiary/aromatic N) is 3. The van der Waals surface area contributed by atoms with Crippen LogP contribution in [0.4, 0.5) is 5.82 Å². The van der Waals surface area contributed by atoms with E-state index in [4.69, 9.17) is 9.47 Å². The maximum atomic E-state index is 13.3. The van der Waals surface area contributed by atoms with Crippen LogP contribution in [0.1, 0.15) is 44.4 Å². The van der Waals surface area contributed by atoms with Gasteiger partial charge in [0, 0.05) is 18.4 Å². The minimum atomic E-state index is -1.07. The standard InChI is InChI=1S/C24H28N4O6/c1-5-33-23(29)18-15(2)26-16(3)19(20(18)21-22(28(31)32)25-14-27(21)4)24(30)34-13-9-12-17-10-7-6-8-11-17/h6-8,10-11,14,20,26H,5,9,12-13H2,1-4H3. The normalized spacial score (nSPS) is 15.7. The predicted octanol–water partition coefficient (Wildman–Crippen LogP) is 3.30. The molecule has 180 valence electrons. The number of dihydropyridines is 1. The SMILES string of the molecule is CCOC(=O)C1=C(C)NC(C)=C(C(=O)OCCCc2ccccc2)C1c1c([N+](=O)[O-])ncn1C. The number of hydrogen-bond acceptors (Lipinski definition) is 8. The van der Waals surface area contributed by atoms with Crippen LogP contribution in [0.25, 0.3) is 0 Å². The van der Waals surface area contributed by atoms with Crippen molar-refractivity contribution in [3.63, 3.8) is 0 Å². The number of ether oxygens (including phenoxy) is 2. The first-order valence-electron chi connectivity index (χ1n) is 11.0. The highest BCUT2D eigenvalue weighted by Crippen LogP contribution is 2.42. The lowest BCUT2D eigenvalue weighted by Gasteiger charge is -2.29. The van der Waals surface area contributed by atoms with Gasteiger partial charge < -0.3 is 29.5 Å². The number of rotatable bonds is 9. The van der Waals surface area contributed by atoms with Crippen LogP contribution in [-0.2, 0) is 32.5 Å². The number of esters is 2. The van der Waals surface area contributed by atoms with Gasteiger partial charge in [-0.15, -0.1) is 0 Å². The maximum absolute atomic E-state index is 13.3. The molecule has 10 heteroatoms. The Kier molecular flexibility index (Phi) is 7.83. The van der Waals surface area contributed by atoms with E-state index in [-0.39, 0.29) is 30.1 Å². The largest absolute Gasteiger partial charge is 0.463 e. The second-order valence-corrected chi connectivity index (χ2v) is 7.90. The monoisotopic (exact) mass is 468 g/mol. The van der Waals surface area contributed by atoms with E-state index in [1.54, 1.807) is 27.8 Å². The van der Waals surface area contributed by atoms with Crippen molar-refractivity contribution in [3.05, 3.63) is 80.6 Å². The van der Waals surface area contributed by atoms with E-state index in [1.807, 2.05) is 30.3 Å². The van der Waals surface area contributed by atoms with Gasteiger partial charge in [-0.3, -0.25) is 0 Å². The van der Waals surface area contributed by atoms with Crippen molar-refractivity contribution in [2.75, 3.05) is 13.2 Å². The molecule has 0 aliphatic carbocycles.